The highest BCUT2D eigenvalue weighted by Gasteiger charge is 2.22. The molecule has 0 atom stereocenters. The smallest absolute Gasteiger partial charge is 0.299 e. The van der Waals surface area contributed by atoms with Crippen LogP contribution in [0.5, 0.6) is 0 Å². The van der Waals surface area contributed by atoms with E-state index in [1.165, 1.54) is 29.5 Å². The van der Waals surface area contributed by atoms with Crippen LogP contribution in [0.25, 0.3) is 22.4 Å². The number of hydrogen-bond acceptors (Lipinski definition) is 4. The number of piperidine rings is 1. The Hall–Kier alpha value is -3.47. The molecule has 1 fully saturated rings. The quantitative estimate of drug-likeness (QED) is 0.323. The number of hydrogen-bond donors (Lipinski definition) is 0. The second-order valence-corrected chi connectivity index (χ2v) is 15.1. The fourth-order valence-electron chi connectivity index (χ4n) is 6.00. The maximum atomic E-state index is 13.0. The van der Waals surface area contributed by atoms with Gasteiger partial charge in [0.25, 0.3) is 0 Å². The van der Waals surface area contributed by atoms with Crippen molar-refractivity contribution in [3.63, 3.8) is 0 Å². The van der Waals surface area contributed by atoms with Gasteiger partial charge in [0.05, 0.1) is 32.4 Å². The molecule has 7 heteroatoms. The average molecular weight is 552 g/mol. The van der Waals surface area contributed by atoms with Gasteiger partial charge in [-0.3, -0.25) is 14.0 Å². The van der Waals surface area contributed by atoms with E-state index in [4.69, 9.17) is 4.98 Å². The summed E-state index contributed by atoms with van der Waals surface area (Å²) >= 11 is 0. The van der Waals surface area contributed by atoms with E-state index in [0.29, 0.717) is 17.8 Å². The average Bonchev–Trinajstić information content (AvgIpc) is 3.15. The van der Waals surface area contributed by atoms with Crippen LogP contribution in [0.15, 0.2) is 53.3 Å². The molecule has 1 aliphatic heterocycles. The molecule has 0 radical (unpaired) electrons. The van der Waals surface area contributed by atoms with Crippen molar-refractivity contribution in [1.82, 2.24) is 19.0 Å². The molecule has 6 nitrogen and oxygen atoms in total. The van der Waals surface area contributed by atoms with Gasteiger partial charge in [-0.15, -0.1) is 0 Å². The van der Waals surface area contributed by atoms with E-state index in [0.717, 1.165) is 41.9 Å². The van der Waals surface area contributed by atoms with E-state index < -0.39 is 0 Å². The number of nitriles is 1. The number of aryl methyl sites for hydroxylation is 2. The van der Waals surface area contributed by atoms with E-state index >= 15 is 0 Å². The van der Waals surface area contributed by atoms with Gasteiger partial charge in [-0.05, 0) is 91.7 Å². The third-order valence-corrected chi connectivity index (χ3v) is 11.0. The number of nitrogens with zero attached hydrogens (tertiary/aromatic N) is 5. The van der Waals surface area contributed by atoms with Crippen molar-refractivity contribution in [3.8, 4) is 17.3 Å². The van der Waals surface area contributed by atoms with Crippen LogP contribution in [0, 0.1) is 30.6 Å². The summed E-state index contributed by atoms with van der Waals surface area (Å²) in [5.74, 6) is 0. The Balaban J connectivity index is 1.34. The van der Waals surface area contributed by atoms with Crippen molar-refractivity contribution in [1.29, 1.82) is 5.26 Å². The fourth-order valence-corrected chi connectivity index (χ4v) is 8.25. The third-order valence-electron chi connectivity index (χ3n) is 8.43. The Morgan fingerprint density at radius 2 is 1.82 bits per heavy atom. The predicted molar refractivity (Wildman–Crippen MR) is 167 cm³/mol. The van der Waals surface area contributed by atoms with E-state index in [1.807, 2.05) is 18.2 Å². The van der Waals surface area contributed by atoms with Crippen molar-refractivity contribution in [2.45, 2.75) is 66.1 Å². The molecule has 3 heterocycles. The van der Waals surface area contributed by atoms with Gasteiger partial charge >= 0.3 is 5.69 Å². The van der Waals surface area contributed by atoms with Crippen molar-refractivity contribution in [2.24, 2.45) is 12.5 Å². The molecule has 0 aliphatic carbocycles. The maximum absolute atomic E-state index is 13.0. The Morgan fingerprint density at radius 1 is 1.07 bits per heavy atom. The van der Waals surface area contributed by atoms with Gasteiger partial charge < -0.3 is 0 Å². The van der Waals surface area contributed by atoms with Gasteiger partial charge in [0.1, 0.15) is 0 Å². The van der Waals surface area contributed by atoms with E-state index in [9.17, 15) is 10.1 Å². The number of pyridine rings is 1. The molecular formula is C33H41N5OSi. The van der Waals surface area contributed by atoms with E-state index in [1.54, 1.807) is 21.4 Å². The molecule has 1 saturated heterocycles. The number of benzene rings is 2. The molecule has 0 saturated carbocycles. The highest BCUT2D eigenvalue weighted by Crippen LogP contribution is 2.28. The summed E-state index contributed by atoms with van der Waals surface area (Å²) in [6.45, 7) is 14.6. The molecule has 4 aromatic rings. The number of likely N-dealkylation sites (tertiary alicyclic amines) is 1. The van der Waals surface area contributed by atoms with Crippen LogP contribution in [-0.2, 0) is 20.1 Å². The second kappa shape index (κ2) is 11.2. The lowest BCUT2D eigenvalue weighted by molar-refractivity contribution is 0.221. The normalized spacial score (nSPS) is 15.3. The lowest BCUT2D eigenvalue weighted by atomic mass is 9.97. The lowest BCUT2D eigenvalue weighted by Crippen LogP contribution is -2.35. The van der Waals surface area contributed by atoms with Gasteiger partial charge in [0, 0.05) is 25.7 Å². The van der Waals surface area contributed by atoms with Crippen molar-refractivity contribution in [2.75, 3.05) is 13.1 Å². The molecule has 1 aliphatic rings. The molecule has 0 amide bonds. The first-order valence-electron chi connectivity index (χ1n) is 14.4. The van der Waals surface area contributed by atoms with Crippen LogP contribution in [0.2, 0.25) is 5.54 Å². The van der Waals surface area contributed by atoms with Crippen molar-refractivity contribution < 1.29 is 0 Å². The minimum Gasteiger partial charge on any atom is -0.299 e. The highest BCUT2D eigenvalue weighted by molar-refractivity contribution is 6.55. The summed E-state index contributed by atoms with van der Waals surface area (Å²) < 4.78 is 3.42. The van der Waals surface area contributed by atoms with Crippen molar-refractivity contribution in [3.05, 3.63) is 81.3 Å². The van der Waals surface area contributed by atoms with Crippen LogP contribution in [-0.4, -0.2) is 41.6 Å². The Kier molecular flexibility index (Phi) is 7.85. The first-order valence-corrected chi connectivity index (χ1v) is 15.9. The Labute approximate surface area is 240 Å². The standard InChI is InChI=1S/C33H41N5OSi/c1-22-8-7-9-30(23(22)2)40-26-14-16-37(17-15-26)20-24-10-11-25(19-34)27(18-24)28-12-13-29-31(35-28)36(6)32(39)38(29)21-33(3,4)5/h7-13,18,26H,14-17,20-21,40H2,1-6H3. The van der Waals surface area contributed by atoms with Gasteiger partial charge in [0.2, 0.25) is 0 Å². The highest BCUT2D eigenvalue weighted by atomic mass is 28.2. The molecule has 0 unspecified atom stereocenters. The zero-order chi connectivity index (χ0) is 28.6. The monoisotopic (exact) mass is 551 g/mol. The van der Waals surface area contributed by atoms with Crippen LogP contribution in [0.4, 0.5) is 0 Å². The largest absolute Gasteiger partial charge is 0.330 e. The minimum absolute atomic E-state index is 0.0325. The molecule has 2 aromatic carbocycles. The van der Waals surface area contributed by atoms with Crippen LogP contribution < -0.4 is 10.9 Å². The van der Waals surface area contributed by atoms with E-state index in [2.05, 4.69) is 75.9 Å². The van der Waals surface area contributed by atoms with Gasteiger partial charge in [-0.1, -0.05) is 50.2 Å². The lowest BCUT2D eigenvalue weighted by Gasteiger charge is -2.32. The summed E-state index contributed by atoms with van der Waals surface area (Å²) in [6, 6.07) is 19.2. The summed E-state index contributed by atoms with van der Waals surface area (Å²) in [7, 11) is 1.49. The summed E-state index contributed by atoms with van der Waals surface area (Å²) in [6.07, 6.45) is 2.53. The van der Waals surface area contributed by atoms with Gasteiger partial charge in [0.15, 0.2) is 5.65 Å². The predicted octanol–water partition coefficient (Wildman–Crippen LogP) is 4.82. The van der Waals surface area contributed by atoms with Gasteiger partial charge in [-0.25, -0.2) is 9.78 Å². The second-order valence-electron chi connectivity index (χ2n) is 12.8. The molecule has 0 N–H and O–H groups in total. The number of rotatable bonds is 6. The number of imidazole rings is 1. The summed E-state index contributed by atoms with van der Waals surface area (Å²) in [4.78, 5) is 20.4. The number of aromatic nitrogens is 3. The molecule has 0 bridgehead atoms. The molecule has 208 valence electrons. The van der Waals surface area contributed by atoms with Crippen LogP contribution in [0.3, 0.4) is 0 Å². The first kappa shape index (κ1) is 28.1. The number of fused-ring (bicyclic) bond motifs is 1. The first-order chi connectivity index (χ1) is 19.0. The topological polar surface area (TPSA) is 66.8 Å². The van der Waals surface area contributed by atoms with Crippen molar-refractivity contribution >= 4 is 25.9 Å². The minimum atomic E-state index is -0.280. The zero-order valence-corrected chi connectivity index (χ0v) is 26.2. The molecule has 0 spiro atoms. The molecule has 5 rings (SSSR count). The third kappa shape index (κ3) is 5.84. The van der Waals surface area contributed by atoms with Gasteiger partial charge in [-0.2, -0.15) is 5.26 Å². The van der Waals surface area contributed by atoms with Crippen LogP contribution in [0.1, 0.15) is 55.9 Å². The maximum Gasteiger partial charge on any atom is 0.330 e. The molecule has 40 heavy (non-hydrogen) atoms. The zero-order valence-electron chi connectivity index (χ0n) is 24.8. The summed E-state index contributed by atoms with van der Waals surface area (Å²) in [5.41, 5.74) is 8.52. The Bertz CT molecular complexity index is 1640. The SMILES string of the molecule is Cc1cccc([SiH2]C2CCN(Cc3ccc(C#N)c(-c4ccc5c(n4)n(C)c(=O)n5CC(C)(C)C)c3)CC2)c1C. The summed E-state index contributed by atoms with van der Waals surface area (Å²) in [5, 5.41) is 11.5. The Morgan fingerprint density at radius 3 is 2.52 bits per heavy atom. The fraction of sp³-hybridized carbons (Fsp3) is 0.424. The van der Waals surface area contributed by atoms with Crippen LogP contribution >= 0.6 is 0 Å². The van der Waals surface area contributed by atoms with E-state index in [-0.39, 0.29) is 20.6 Å². The molecular weight excluding hydrogens is 510 g/mol. The molecule has 2 aromatic heterocycles.